The van der Waals surface area contributed by atoms with Crippen LogP contribution < -0.4 is 4.90 Å². The van der Waals surface area contributed by atoms with E-state index in [0.717, 1.165) is 57.7 Å². The summed E-state index contributed by atoms with van der Waals surface area (Å²) in [5.41, 5.74) is 0.647. The summed E-state index contributed by atoms with van der Waals surface area (Å²) in [4.78, 5) is 9.06. The van der Waals surface area contributed by atoms with Gasteiger partial charge in [-0.3, -0.25) is 4.90 Å². The second-order valence-corrected chi connectivity index (χ2v) is 6.28. The monoisotopic (exact) mass is 300 g/mol. The standard InChI is InChI=1S/C17H24N4O/c18-13-14-5-3-8-19-17(14)21-10-4-9-20(11-12-21)15-6-1-2-7-16(15)22/h3,5,8,15-16,22H,1-2,4,6-7,9-12H2. The molecule has 0 bridgehead atoms. The van der Waals surface area contributed by atoms with E-state index in [0.29, 0.717) is 11.6 Å². The van der Waals surface area contributed by atoms with Gasteiger partial charge in [0.25, 0.3) is 0 Å². The van der Waals surface area contributed by atoms with Gasteiger partial charge in [0, 0.05) is 38.4 Å². The summed E-state index contributed by atoms with van der Waals surface area (Å²) in [5, 5.41) is 19.5. The molecule has 2 atom stereocenters. The predicted molar refractivity (Wildman–Crippen MR) is 85.6 cm³/mol. The van der Waals surface area contributed by atoms with Crippen LogP contribution in [0.15, 0.2) is 18.3 Å². The van der Waals surface area contributed by atoms with E-state index in [9.17, 15) is 10.4 Å². The molecule has 1 aromatic heterocycles. The predicted octanol–water partition coefficient (Wildman–Crippen LogP) is 1.77. The highest BCUT2D eigenvalue weighted by Crippen LogP contribution is 2.25. The highest BCUT2D eigenvalue weighted by molar-refractivity contribution is 5.53. The highest BCUT2D eigenvalue weighted by atomic mass is 16.3. The zero-order valence-corrected chi connectivity index (χ0v) is 13.0. The van der Waals surface area contributed by atoms with Crippen molar-refractivity contribution < 1.29 is 5.11 Å². The summed E-state index contributed by atoms with van der Waals surface area (Å²) in [7, 11) is 0. The van der Waals surface area contributed by atoms with Crippen LogP contribution in [0, 0.1) is 11.3 Å². The third-order valence-corrected chi connectivity index (χ3v) is 4.90. The number of aromatic nitrogens is 1. The van der Waals surface area contributed by atoms with Gasteiger partial charge in [-0.15, -0.1) is 0 Å². The van der Waals surface area contributed by atoms with Crippen molar-refractivity contribution in [1.82, 2.24) is 9.88 Å². The van der Waals surface area contributed by atoms with Gasteiger partial charge in [0.1, 0.15) is 11.9 Å². The lowest BCUT2D eigenvalue weighted by atomic mass is 9.91. The lowest BCUT2D eigenvalue weighted by Gasteiger charge is -2.37. The molecule has 1 saturated carbocycles. The molecule has 0 amide bonds. The second kappa shape index (κ2) is 7.08. The van der Waals surface area contributed by atoms with Crippen LogP contribution in [0.5, 0.6) is 0 Å². The average Bonchev–Trinajstić information content (AvgIpc) is 2.81. The van der Waals surface area contributed by atoms with Crippen LogP contribution in [-0.2, 0) is 0 Å². The Bertz CT molecular complexity index is 542. The van der Waals surface area contributed by atoms with E-state index >= 15 is 0 Å². The molecular formula is C17H24N4O. The topological polar surface area (TPSA) is 63.4 Å². The first-order valence-corrected chi connectivity index (χ1v) is 8.32. The minimum absolute atomic E-state index is 0.176. The molecule has 0 aromatic carbocycles. The maximum absolute atomic E-state index is 10.3. The molecule has 118 valence electrons. The zero-order valence-electron chi connectivity index (χ0n) is 13.0. The van der Waals surface area contributed by atoms with Crippen LogP contribution in [0.25, 0.3) is 0 Å². The molecule has 1 aromatic rings. The van der Waals surface area contributed by atoms with E-state index in [-0.39, 0.29) is 6.10 Å². The molecule has 22 heavy (non-hydrogen) atoms. The summed E-state index contributed by atoms with van der Waals surface area (Å²) in [6, 6.07) is 6.19. The molecule has 0 spiro atoms. The summed E-state index contributed by atoms with van der Waals surface area (Å²) in [6.07, 6.45) is 7.04. The Hall–Kier alpha value is -1.64. The number of nitriles is 1. The molecule has 2 heterocycles. The molecule has 5 nitrogen and oxygen atoms in total. The number of aliphatic hydroxyl groups is 1. The van der Waals surface area contributed by atoms with Crippen molar-refractivity contribution in [3.63, 3.8) is 0 Å². The van der Waals surface area contributed by atoms with Gasteiger partial charge in [-0.1, -0.05) is 12.8 Å². The van der Waals surface area contributed by atoms with Crippen LogP contribution in [0.2, 0.25) is 0 Å². The SMILES string of the molecule is N#Cc1cccnc1N1CCCN(C2CCCCC2O)CC1. The Balaban J connectivity index is 1.68. The van der Waals surface area contributed by atoms with Gasteiger partial charge in [-0.25, -0.2) is 4.98 Å². The van der Waals surface area contributed by atoms with Crippen molar-refractivity contribution in [2.45, 2.75) is 44.2 Å². The Kier molecular flexibility index (Phi) is 4.91. The largest absolute Gasteiger partial charge is 0.391 e. The number of pyridine rings is 1. The number of aliphatic hydroxyl groups excluding tert-OH is 1. The Morgan fingerprint density at radius 1 is 1.14 bits per heavy atom. The van der Waals surface area contributed by atoms with Crippen LogP contribution >= 0.6 is 0 Å². The van der Waals surface area contributed by atoms with E-state index < -0.39 is 0 Å². The second-order valence-electron chi connectivity index (χ2n) is 6.28. The van der Waals surface area contributed by atoms with Gasteiger partial charge in [0.15, 0.2) is 0 Å². The quantitative estimate of drug-likeness (QED) is 0.902. The van der Waals surface area contributed by atoms with Crippen molar-refractivity contribution in [2.24, 2.45) is 0 Å². The van der Waals surface area contributed by atoms with E-state index in [1.807, 2.05) is 12.1 Å². The molecule has 1 saturated heterocycles. The van der Waals surface area contributed by atoms with Crippen molar-refractivity contribution >= 4 is 5.82 Å². The van der Waals surface area contributed by atoms with E-state index in [1.54, 1.807) is 6.20 Å². The molecule has 2 aliphatic rings. The molecule has 1 aliphatic heterocycles. The van der Waals surface area contributed by atoms with Crippen molar-refractivity contribution in [3.8, 4) is 6.07 Å². The third kappa shape index (κ3) is 3.23. The number of hydrogen-bond acceptors (Lipinski definition) is 5. The fourth-order valence-corrected chi connectivity index (χ4v) is 3.73. The molecule has 2 unspecified atom stereocenters. The number of hydrogen-bond donors (Lipinski definition) is 1. The first-order chi connectivity index (χ1) is 10.8. The zero-order chi connectivity index (χ0) is 15.4. The first-order valence-electron chi connectivity index (χ1n) is 8.32. The Morgan fingerprint density at radius 2 is 2.00 bits per heavy atom. The number of rotatable bonds is 2. The lowest BCUT2D eigenvalue weighted by molar-refractivity contribution is 0.0230. The maximum Gasteiger partial charge on any atom is 0.146 e. The summed E-state index contributed by atoms with van der Waals surface area (Å²) >= 11 is 0. The first kappa shape index (κ1) is 15.3. The van der Waals surface area contributed by atoms with Crippen LogP contribution in [0.3, 0.4) is 0 Å². The van der Waals surface area contributed by atoms with E-state index in [4.69, 9.17) is 0 Å². The van der Waals surface area contributed by atoms with Gasteiger partial charge < -0.3 is 10.0 Å². The summed E-state index contributed by atoms with van der Waals surface area (Å²) < 4.78 is 0. The summed E-state index contributed by atoms with van der Waals surface area (Å²) in [6.45, 7) is 3.75. The summed E-state index contributed by atoms with van der Waals surface area (Å²) in [5.74, 6) is 0.802. The maximum atomic E-state index is 10.3. The van der Waals surface area contributed by atoms with Crippen molar-refractivity contribution in [3.05, 3.63) is 23.9 Å². The van der Waals surface area contributed by atoms with Crippen LogP contribution in [-0.4, -0.2) is 53.3 Å². The van der Waals surface area contributed by atoms with Crippen molar-refractivity contribution in [1.29, 1.82) is 5.26 Å². The molecule has 0 radical (unpaired) electrons. The van der Waals surface area contributed by atoms with Gasteiger partial charge >= 0.3 is 0 Å². The molecule has 2 fully saturated rings. The Morgan fingerprint density at radius 3 is 2.82 bits per heavy atom. The van der Waals surface area contributed by atoms with E-state index in [2.05, 4.69) is 20.9 Å². The number of anilines is 1. The van der Waals surface area contributed by atoms with Gasteiger partial charge in [-0.05, 0) is 31.4 Å². The molecule has 1 aliphatic carbocycles. The fraction of sp³-hybridized carbons (Fsp3) is 0.647. The lowest BCUT2D eigenvalue weighted by Crippen LogP contribution is -2.47. The molecular weight excluding hydrogens is 276 g/mol. The molecule has 5 heteroatoms. The third-order valence-electron chi connectivity index (χ3n) is 4.90. The van der Waals surface area contributed by atoms with Crippen LogP contribution in [0.4, 0.5) is 5.82 Å². The van der Waals surface area contributed by atoms with Crippen LogP contribution in [0.1, 0.15) is 37.7 Å². The van der Waals surface area contributed by atoms with E-state index in [1.165, 1.54) is 6.42 Å². The minimum atomic E-state index is -0.176. The normalized spacial score (nSPS) is 27.2. The highest BCUT2D eigenvalue weighted by Gasteiger charge is 2.30. The average molecular weight is 300 g/mol. The van der Waals surface area contributed by atoms with Gasteiger partial charge in [-0.2, -0.15) is 5.26 Å². The van der Waals surface area contributed by atoms with Crippen molar-refractivity contribution in [2.75, 3.05) is 31.1 Å². The van der Waals surface area contributed by atoms with Gasteiger partial charge in [0.2, 0.25) is 0 Å². The smallest absolute Gasteiger partial charge is 0.146 e. The Labute approximate surface area is 132 Å². The van der Waals surface area contributed by atoms with Gasteiger partial charge in [0.05, 0.1) is 11.7 Å². The number of nitrogens with zero attached hydrogens (tertiary/aromatic N) is 4. The molecule has 3 rings (SSSR count). The minimum Gasteiger partial charge on any atom is -0.391 e. The fourth-order valence-electron chi connectivity index (χ4n) is 3.73. The molecule has 1 N–H and O–H groups in total.